The number of nitrogens with zero attached hydrogens (tertiary/aromatic N) is 2. The van der Waals surface area contributed by atoms with Gasteiger partial charge in [-0.1, -0.05) is 6.07 Å². The lowest BCUT2D eigenvalue weighted by atomic mass is 9.98. The first-order chi connectivity index (χ1) is 11.7. The minimum absolute atomic E-state index is 0.164. The molecule has 25 heavy (non-hydrogen) atoms. The molecule has 0 bridgehead atoms. The Bertz CT molecular complexity index is 748. The van der Waals surface area contributed by atoms with Gasteiger partial charge in [0, 0.05) is 45.5 Å². The van der Waals surface area contributed by atoms with Gasteiger partial charge in [-0.3, -0.25) is 9.59 Å². The Balaban J connectivity index is 2.04. The lowest BCUT2D eigenvalue weighted by Crippen LogP contribution is -2.47. The molecule has 0 saturated carbocycles. The van der Waals surface area contributed by atoms with E-state index in [1.165, 1.54) is 25.3 Å². The number of piperidine rings is 1. The monoisotopic (exact) mass is 368 g/mol. The summed E-state index contributed by atoms with van der Waals surface area (Å²) in [5.74, 6) is -0.827. The van der Waals surface area contributed by atoms with Gasteiger partial charge in [0.2, 0.25) is 11.8 Å². The van der Waals surface area contributed by atoms with Crippen molar-refractivity contribution in [1.82, 2.24) is 8.61 Å². The predicted octanol–water partition coefficient (Wildman–Crippen LogP) is 1.10. The van der Waals surface area contributed by atoms with Crippen molar-refractivity contribution in [3.05, 3.63) is 24.3 Å². The van der Waals surface area contributed by atoms with E-state index in [-0.39, 0.29) is 18.4 Å². The Morgan fingerprint density at radius 2 is 1.84 bits per heavy atom. The third kappa shape index (κ3) is 5.00. The van der Waals surface area contributed by atoms with Gasteiger partial charge in [-0.25, -0.2) is 0 Å². The van der Waals surface area contributed by atoms with Crippen LogP contribution in [0, 0.1) is 5.92 Å². The maximum Gasteiger partial charge on any atom is 0.281 e. The molecule has 1 aliphatic rings. The summed E-state index contributed by atoms with van der Waals surface area (Å²) in [5.41, 5.74) is 1.15. The first-order valence-electron chi connectivity index (χ1n) is 8.06. The van der Waals surface area contributed by atoms with Crippen LogP contribution in [-0.4, -0.2) is 56.0 Å². The molecule has 8 nitrogen and oxygen atoms in total. The smallest absolute Gasteiger partial charge is 0.281 e. The van der Waals surface area contributed by atoms with Crippen LogP contribution in [-0.2, 0) is 19.8 Å². The molecule has 1 saturated heterocycles. The maximum atomic E-state index is 12.5. The van der Waals surface area contributed by atoms with Crippen LogP contribution in [0.15, 0.2) is 24.3 Å². The van der Waals surface area contributed by atoms with E-state index in [9.17, 15) is 18.0 Å². The standard InChI is InChI=1S/C16H24N4O4S/c1-12(21)17-14-7-4-8-15(10-14)18-16(22)13-6-5-9-20(11-13)25(23,24)19(2)3/h4,7-8,10,13H,5-6,9,11H2,1-3H3,(H,17,21)(H,18,22). The highest BCUT2D eigenvalue weighted by Gasteiger charge is 2.33. The van der Waals surface area contributed by atoms with Crippen LogP contribution in [0.2, 0.25) is 0 Å². The normalized spacial score (nSPS) is 18.8. The van der Waals surface area contributed by atoms with E-state index >= 15 is 0 Å². The fraction of sp³-hybridized carbons (Fsp3) is 0.500. The number of amides is 2. The molecule has 0 aromatic heterocycles. The van der Waals surface area contributed by atoms with Gasteiger partial charge < -0.3 is 10.6 Å². The summed E-state index contributed by atoms with van der Waals surface area (Å²) in [7, 11) is -0.563. The Morgan fingerprint density at radius 1 is 1.20 bits per heavy atom. The molecule has 138 valence electrons. The fourth-order valence-corrected chi connectivity index (χ4v) is 3.91. The fourth-order valence-electron chi connectivity index (χ4n) is 2.72. The van der Waals surface area contributed by atoms with Crippen molar-refractivity contribution >= 4 is 33.4 Å². The molecular formula is C16H24N4O4S. The van der Waals surface area contributed by atoms with Crippen LogP contribution in [0.25, 0.3) is 0 Å². The summed E-state index contributed by atoms with van der Waals surface area (Å²) in [6.07, 6.45) is 1.27. The molecule has 1 heterocycles. The molecule has 1 aliphatic heterocycles. The summed E-state index contributed by atoms with van der Waals surface area (Å²) in [6.45, 7) is 1.99. The van der Waals surface area contributed by atoms with Gasteiger partial charge >= 0.3 is 0 Å². The number of anilines is 2. The third-order valence-electron chi connectivity index (χ3n) is 3.99. The van der Waals surface area contributed by atoms with E-state index in [4.69, 9.17) is 0 Å². The highest BCUT2D eigenvalue weighted by Crippen LogP contribution is 2.22. The molecule has 1 unspecified atom stereocenters. The average molecular weight is 368 g/mol. The van der Waals surface area contributed by atoms with Crippen LogP contribution < -0.4 is 10.6 Å². The van der Waals surface area contributed by atoms with E-state index in [1.807, 2.05) is 0 Å². The van der Waals surface area contributed by atoms with Gasteiger partial charge in [-0.2, -0.15) is 17.0 Å². The van der Waals surface area contributed by atoms with Gasteiger partial charge in [0.05, 0.1) is 5.92 Å². The maximum absolute atomic E-state index is 12.5. The number of benzene rings is 1. The number of hydrogen-bond donors (Lipinski definition) is 2. The minimum Gasteiger partial charge on any atom is -0.326 e. The molecule has 1 atom stereocenters. The van der Waals surface area contributed by atoms with Crippen LogP contribution in [0.4, 0.5) is 11.4 Å². The van der Waals surface area contributed by atoms with Gasteiger partial charge in [0.1, 0.15) is 0 Å². The second kappa shape index (κ2) is 7.94. The van der Waals surface area contributed by atoms with Crippen LogP contribution in [0.5, 0.6) is 0 Å². The summed E-state index contributed by atoms with van der Waals surface area (Å²) >= 11 is 0. The zero-order valence-electron chi connectivity index (χ0n) is 14.7. The van der Waals surface area contributed by atoms with Crippen molar-refractivity contribution in [3.63, 3.8) is 0 Å². The van der Waals surface area contributed by atoms with Crippen molar-refractivity contribution in [1.29, 1.82) is 0 Å². The highest BCUT2D eigenvalue weighted by atomic mass is 32.2. The third-order valence-corrected chi connectivity index (χ3v) is 5.90. The highest BCUT2D eigenvalue weighted by molar-refractivity contribution is 7.86. The van der Waals surface area contributed by atoms with Crippen molar-refractivity contribution in [2.45, 2.75) is 19.8 Å². The molecule has 0 spiro atoms. The van der Waals surface area contributed by atoms with Crippen LogP contribution in [0.1, 0.15) is 19.8 Å². The van der Waals surface area contributed by atoms with Gasteiger partial charge in [-0.15, -0.1) is 0 Å². The van der Waals surface area contributed by atoms with Gasteiger partial charge in [0.25, 0.3) is 10.2 Å². The molecule has 2 N–H and O–H groups in total. The first kappa shape index (κ1) is 19.4. The summed E-state index contributed by atoms with van der Waals surface area (Å²) in [5, 5.41) is 5.46. The summed E-state index contributed by atoms with van der Waals surface area (Å²) in [6, 6.07) is 6.84. The van der Waals surface area contributed by atoms with Crippen LogP contribution >= 0.6 is 0 Å². The van der Waals surface area contributed by atoms with Gasteiger partial charge in [0.15, 0.2) is 0 Å². The van der Waals surface area contributed by atoms with Crippen molar-refractivity contribution in [2.24, 2.45) is 5.92 Å². The molecular weight excluding hydrogens is 344 g/mol. The largest absolute Gasteiger partial charge is 0.326 e. The molecule has 2 amide bonds. The number of rotatable bonds is 5. The number of hydrogen-bond acceptors (Lipinski definition) is 4. The lowest BCUT2D eigenvalue weighted by molar-refractivity contribution is -0.121. The zero-order valence-corrected chi connectivity index (χ0v) is 15.5. The Hall–Kier alpha value is -1.97. The molecule has 1 aromatic carbocycles. The SMILES string of the molecule is CC(=O)Nc1cccc(NC(=O)C2CCCN(S(=O)(=O)N(C)C)C2)c1. The summed E-state index contributed by atoms with van der Waals surface area (Å²) < 4.78 is 27.0. The van der Waals surface area contributed by atoms with Crippen molar-refractivity contribution in [2.75, 3.05) is 37.8 Å². The van der Waals surface area contributed by atoms with Crippen LogP contribution in [0.3, 0.4) is 0 Å². The predicted molar refractivity (Wildman–Crippen MR) is 96.3 cm³/mol. The number of carbonyl (C=O) groups is 2. The quantitative estimate of drug-likeness (QED) is 0.813. The molecule has 0 aliphatic carbocycles. The Kier molecular flexibility index (Phi) is 6.15. The van der Waals surface area contributed by atoms with Crippen molar-refractivity contribution in [3.8, 4) is 0 Å². The number of carbonyl (C=O) groups excluding carboxylic acids is 2. The Morgan fingerprint density at radius 3 is 2.44 bits per heavy atom. The molecule has 1 aromatic rings. The van der Waals surface area contributed by atoms with E-state index in [1.54, 1.807) is 24.3 Å². The summed E-state index contributed by atoms with van der Waals surface area (Å²) in [4.78, 5) is 23.6. The van der Waals surface area contributed by atoms with E-state index in [2.05, 4.69) is 10.6 Å². The molecule has 9 heteroatoms. The molecule has 1 fully saturated rings. The van der Waals surface area contributed by atoms with E-state index in [0.29, 0.717) is 30.8 Å². The Labute approximate surface area is 148 Å². The van der Waals surface area contributed by atoms with E-state index in [0.717, 1.165) is 4.31 Å². The molecule has 0 radical (unpaired) electrons. The minimum atomic E-state index is -3.52. The van der Waals surface area contributed by atoms with Crippen molar-refractivity contribution < 1.29 is 18.0 Å². The second-order valence-corrected chi connectivity index (χ2v) is 8.38. The topological polar surface area (TPSA) is 98.8 Å². The first-order valence-corrected chi connectivity index (χ1v) is 9.46. The lowest BCUT2D eigenvalue weighted by Gasteiger charge is -2.32. The average Bonchev–Trinajstić information content (AvgIpc) is 2.54. The second-order valence-electron chi connectivity index (χ2n) is 6.24. The van der Waals surface area contributed by atoms with E-state index < -0.39 is 16.1 Å². The van der Waals surface area contributed by atoms with Gasteiger partial charge in [-0.05, 0) is 31.0 Å². The zero-order chi connectivity index (χ0) is 18.6. The number of nitrogens with one attached hydrogen (secondary N) is 2. The molecule has 2 rings (SSSR count).